The highest BCUT2D eigenvalue weighted by atomic mass is 16.5. The van der Waals surface area contributed by atoms with Crippen molar-refractivity contribution in [3.8, 4) is 11.8 Å². The summed E-state index contributed by atoms with van der Waals surface area (Å²) in [4.78, 5) is 37.3. The molecule has 3 saturated heterocycles. The maximum Gasteiger partial charge on any atom is 0.278 e. The SMILES string of the molecule is COc1nccnc1O[C@@H]1CCN(C(=O)[C@H]2CC(=O)N(C3CCOCC3)C2)C1. The van der Waals surface area contributed by atoms with Crippen molar-refractivity contribution in [2.75, 3.05) is 40.0 Å². The molecule has 0 saturated carbocycles. The lowest BCUT2D eigenvalue weighted by atomic mass is 10.1. The van der Waals surface area contributed by atoms with Crippen molar-refractivity contribution in [3.05, 3.63) is 12.4 Å². The molecule has 3 aliphatic rings. The Hall–Kier alpha value is -2.42. The first-order valence-electron chi connectivity index (χ1n) is 9.83. The lowest BCUT2D eigenvalue weighted by molar-refractivity contribution is -0.135. The molecule has 2 atom stereocenters. The Labute approximate surface area is 164 Å². The summed E-state index contributed by atoms with van der Waals surface area (Å²) in [5.41, 5.74) is 0. The zero-order chi connectivity index (χ0) is 19.5. The smallest absolute Gasteiger partial charge is 0.278 e. The van der Waals surface area contributed by atoms with E-state index in [2.05, 4.69) is 9.97 Å². The zero-order valence-electron chi connectivity index (χ0n) is 16.1. The molecule has 9 heteroatoms. The molecular weight excluding hydrogens is 364 g/mol. The van der Waals surface area contributed by atoms with E-state index in [1.807, 2.05) is 4.90 Å². The molecule has 2 amide bonds. The lowest BCUT2D eigenvalue weighted by Crippen LogP contribution is -2.42. The van der Waals surface area contributed by atoms with Gasteiger partial charge in [0.25, 0.3) is 11.8 Å². The van der Waals surface area contributed by atoms with Crippen LogP contribution in [0.25, 0.3) is 0 Å². The van der Waals surface area contributed by atoms with Crippen molar-refractivity contribution < 1.29 is 23.8 Å². The van der Waals surface area contributed by atoms with Crippen molar-refractivity contribution in [2.24, 2.45) is 5.92 Å². The fourth-order valence-electron chi connectivity index (χ4n) is 4.22. The molecule has 3 fully saturated rings. The minimum Gasteiger partial charge on any atom is -0.477 e. The topological polar surface area (TPSA) is 94.1 Å². The fourth-order valence-corrected chi connectivity index (χ4v) is 4.22. The highest BCUT2D eigenvalue weighted by Gasteiger charge is 2.41. The van der Waals surface area contributed by atoms with Gasteiger partial charge in [-0.3, -0.25) is 9.59 Å². The van der Waals surface area contributed by atoms with Crippen molar-refractivity contribution in [3.63, 3.8) is 0 Å². The van der Waals surface area contributed by atoms with E-state index in [1.165, 1.54) is 13.3 Å². The van der Waals surface area contributed by atoms with Crippen LogP contribution in [0.3, 0.4) is 0 Å². The Balaban J connectivity index is 1.33. The van der Waals surface area contributed by atoms with Gasteiger partial charge in [-0.25, -0.2) is 9.97 Å². The summed E-state index contributed by atoms with van der Waals surface area (Å²) in [6, 6.07) is 0.206. The predicted octanol–water partition coefficient (Wildman–Crippen LogP) is 0.492. The van der Waals surface area contributed by atoms with Gasteiger partial charge in [-0.15, -0.1) is 0 Å². The van der Waals surface area contributed by atoms with Gasteiger partial charge in [0.1, 0.15) is 6.10 Å². The summed E-state index contributed by atoms with van der Waals surface area (Å²) in [6.45, 7) is 2.99. The van der Waals surface area contributed by atoms with Gasteiger partial charge in [0.15, 0.2) is 0 Å². The first-order valence-corrected chi connectivity index (χ1v) is 9.83. The van der Waals surface area contributed by atoms with Gasteiger partial charge >= 0.3 is 0 Å². The van der Waals surface area contributed by atoms with Gasteiger partial charge in [-0.1, -0.05) is 0 Å². The van der Waals surface area contributed by atoms with E-state index in [-0.39, 0.29) is 29.9 Å². The van der Waals surface area contributed by atoms with E-state index in [4.69, 9.17) is 14.2 Å². The van der Waals surface area contributed by atoms with Crippen LogP contribution in [-0.2, 0) is 14.3 Å². The number of methoxy groups -OCH3 is 1. The van der Waals surface area contributed by atoms with Crippen LogP contribution in [-0.4, -0.2) is 83.7 Å². The van der Waals surface area contributed by atoms with E-state index in [1.54, 1.807) is 11.1 Å². The van der Waals surface area contributed by atoms with Crippen LogP contribution in [0.15, 0.2) is 12.4 Å². The average molecular weight is 390 g/mol. The summed E-state index contributed by atoms with van der Waals surface area (Å²) in [5.74, 6) is 0.536. The largest absolute Gasteiger partial charge is 0.477 e. The molecule has 0 aliphatic carbocycles. The predicted molar refractivity (Wildman–Crippen MR) is 97.9 cm³/mol. The third-order valence-electron chi connectivity index (χ3n) is 5.70. The molecule has 0 unspecified atom stereocenters. The molecule has 4 rings (SSSR count). The normalized spacial score (nSPS) is 26.0. The monoisotopic (exact) mass is 390 g/mol. The number of hydrogen-bond acceptors (Lipinski definition) is 7. The number of aromatic nitrogens is 2. The van der Waals surface area contributed by atoms with Gasteiger partial charge in [0.05, 0.1) is 19.6 Å². The van der Waals surface area contributed by atoms with Crippen LogP contribution < -0.4 is 9.47 Å². The molecule has 0 N–H and O–H groups in total. The number of hydrogen-bond donors (Lipinski definition) is 0. The van der Waals surface area contributed by atoms with Crippen LogP contribution in [0.4, 0.5) is 0 Å². The van der Waals surface area contributed by atoms with Crippen molar-refractivity contribution in [1.82, 2.24) is 19.8 Å². The molecule has 152 valence electrons. The zero-order valence-corrected chi connectivity index (χ0v) is 16.1. The standard InChI is InChI=1S/C19H26N4O5/c1-26-17-18(21-6-5-20-17)28-15-2-7-22(12-15)19(25)13-10-16(24)23(11-13)14-3-8-27-9-4-14/h5-6,13-15H,2-4,7-12H2,1H3/t13-,15+/m0/s1. The minimum atomic E-state index is -0.264. The molecule has 28 heavy (non-hydrogen) atoms. The van der Waals surface area contributed by atoms with Crippen LogP contribution in [0.2, 0.25) is 0 Å². The van der Waals surface area contributed by atoms with Crippen molar-refractivity contribution in [2.45, 2.75) is 37.8 Å². The van der Waals surface area contributed by atoms with Crippen molar-refractivity contribution in [1.29, 1.82) is 0 Å². The maximum atomic E-state index is 13.0. The average Bonchev–Trinajstić information content (AvgIpc) is 3.35. The molecule has 4 heterocycles. The number of rotatable bonds is 5. The summed E-state index contributed by atoms with van der Waals surface area (Å²) in [6.07, 6.45) is 5.66. The second kappa shape index (κ2) is 8.30. The first kappa shape index (κ1) is 18.9. The Morgan fingerprint density at radius 3 is 2.64 bits per heavy atom. The molecule has 1 aromatic heterocycles. The van der Waals surface area contributed by atoms with E-state index < -0.39 is 0 Å². The third kappa shape index (κ3) is 3.89. The van der Waals surface area contributed by atoms with Crippen LogP contribution in [0.1, 0.15) is 25.7 Å². The molecule has 0 spiro atoms. The van der Waals surface area contributed by atoms with E-state index in [0.717, 1.165) is 19.3 Å². The molecule has 3 aliphatic heterocycles. The molecule has 0 radical (unpaired) electrons. The molecule has 9 nitrogen and oxygen atoms in total. The third-order valence-corrected chi connectivity index (χ3v) is 5.70. The number of nitrogens with zero attached hydrogens (tertiary/aromatic N) is 4. The summed E-state index contributed by atoms with van der Waals surface area (Å²) in [7, 11) is 1.52. The van der Waals surface area contributed by atoms with Crippen molar-refractivity contribution >= 4 is 11.8 Å². The number of carbonyl (C=O) groups is 2. The lowest BCUT2D eigenvalue weighted by Gasteiger charge is -2.31. The summed E-state index contributed by atoms with van der Waals surface area (Å²) in [5, 5.41) is 0. The quantitative estimate of drug-likeness (QED) is 0.722. The number of ether oxygens (including phenoxy) is 3. The number of likely N-dealkylation sites (tertiary alicyclic amines) is 2. The molecule has 0 bridgehead atoms. The van der Waals surface area contributed by atoms with Gasteiger partial charge < -0.3 is 24.0 Å². The van der Waals surface area contributed by atoms with Crippen LogP contribution in [0.5, 0.6) is 11.8 Å². The second-order valence-corrected chi connectivity index (χ2v) is 7.47. The van der Waals surface area contributed by atoms with Crippen LogP contribution >= 0.6 is 0 Å². The summed E-state index contributed by atoms with van der Waals surface area (Å²) < 4.78 is 16.4. The van der Waals surface area contributed by atoms with Gasteiger partial charge in [-0.2, -0.15) is 0 Å². The summed E-state index contributed by atoms with van der Waals surface area (Å²) >= 11 is 0. The van der Waals surface area contributed by atoms with E-state index in [0.29, 0.717) is 51.0 Å². The highest BCUT2D eigenvalue weighted by molar-refractivity contribution is 5.89. The molecular formula is C19H26N4O5. The fraction of sp³-hybridized carbons (Fsp3) is 0.684. The van der Waals surface area contributed by atoms with E-state index in [9.17, 15) is 9.59 Å². The van der Waals surface area contributed by atoms with Gasteiger partial charge in [0, 0.05) is 57.6 Å². The van der Waals surface area contributed by atoms with Gasteiger partial charge in [-0.05, 0) is 12.8 Å². The number of amides is 2. The Kier molecular flexibility index (Phi) is 5.61. The Morgan fingerprint density at radius 1 is 1.14 bits per heavy atom. The number of carbonyl (C=O) groups excluding carboxylic acids is 2. The molecule has 0 aromatic carbocycles. The molecule has 1 aromatic rings. The first-order chi connectivity index (χ1) is 13.7. The van der Waals surface area contributed by atoms with Gasteiger partial charge in [0.2, 0.25) is 11.8 Å². The minimum absolute atomic E-state index is 0.0418. The Bertz CT molecular complexity index is 724. The second-order valence-electron chi connectivity index (χ2n) is 7.47. The van der Waals surface area contributed by atoms with E-state index >= 15 is 0 Å². The maximum absolute atomic E-state index is 13.0. The Morgan fingerprint density at radius 2 is 1.89 bits per heavy atom. The highest BCUT2D eigenvalue weighted by Crippen LogP contribution is 2.28. The van der Waals surface area contributed by atoms with Crippen LogP contribution in [0, 0.1) is 5.92 Å².